The summed E-state index contributed by atoms with van der Waals surface area (Å²) in [6, 6.07) is 21.8. The molecule has 0 spiro atoms. The molecule has 48 heavy (non-hydrogen) atoms. The van der Waals surface area contributed by atoms with Gasteiger partial charge in [-0.3, -0.25) is 4.90 Å². The van der Waals surface area contributed by atoms with E-state index in [4.69, 9.17) is 9.15 Å². The second-order valence-electron chi connectivity index (χ2n) is 11.6. The van der Waals surface area contributed by atoms with E-state index in [1.165, 1.54) is 12.1 Å². The number of nitrogens with zero attached hydrogens (tertiary/aromatic N) is 5. The Hall–Kier alpha value is -5.33. The van der Waals surface area contributed by atoms with E-state index in [1.54, 1.807) is 18.2 Å². The van der Waals surface area contributed by atoms with Gasteiger partial charge in [0.1, 0.15) is 34.3 Å². The highest BCUT2D eigenvalue weighted by Gasteiger charge is 2.12. The number of furan rings is 1. The number of pyridine rings is 3. The van der Waals surface area contributed by atoms with Crippen molar-refractivity contribution in [2.24, 2.45) is 0 Å². The normalized spacial score (nSPS) is 11.2. The smallest absolute Gasteiger partial charge is 0.354 e. The van der Waals surface area contributed by atoms with Gasteiger partial charge in [0.25, 0.3) is 0 Å². The van der Waals surface area contributed by atoms with E-state index in [-0.39, 0.29) is 11.4 Å². The number of hydrogen-bond acceptors (Lipinski definition) is 10. The number of anilines is 1. The number of aromatic carboxylic acids is 2. The van der Waals surface area contributed by atoms with Crippen LogP contribution in [0, 0.1) is 0 Å². The third-order valence-corrected chi connectivity index (χ3v) is 7.71. The number of fused-ring (bicyclic) bond motifs is 1. The van der Waals surface area contributed by atoms with Crippen LogP contribution in [0.3, 0.4) is 0 Å². The summed E-state index contributed by atoms with van der Waals surface area (Å²) in [4.78, 5) is 39.8. The topological polar surface area (TPSA) is 154 Å². The van der Waals surface area contributed by atoms with Crippen LogP contribution in [0.25, 0.3) is 22.3 Å². The van der Waals surface area contributed by atoms with Gasteiger partial charge in [-0.05, 0) is 86.5 Å². The van der Waals surface area contributed by atoms with E-state index in [1.807, 2.05) is 67.7 Å². The average Bonchev–Trinajstić information content (AvgIpc) is 3.52. The van der Waals surface area contributed by atoms with Crippen LogP contribution in [0.5, 0.6) is 5.75 Å². The predicted octanol–water partition coefficient (Wildman–Crippen LogP) is 5.59. The van der Waals surface area contributed by atoms with Crippen LogP contribution in [-0.4, -0.2) is 82.3 Å². The Morgan fingerprint density at radius 2 is 1.60 bits per heavy atom. The monoisotopic (exact) mass is 652 g/mol. The number of carboxylic acid groups (broad SMARTS) is 2. The molecule has 12 heteroatoms. The first-order valence-corrected chi connectivity index (χ1v) is 15.9. The van der Waals surface area contributed by atoms with Crippen molar-refractivity contribution in [2.75, 3.05) is 45.2 Å². The lowest BCUT2D eigenvalue weighted by atomic mass is 10.2. The summed E-state index contributed by atoms with van der Waals surface area (Å²) in [6.07, 6.45) is 4.57. The SMILES string of the molecule is CN(C)c1ccc(-c2cc3cc(OCCCCCN(CCNCc4cccc(C(=O)O)n4)Cc4cccc(C(=O)O)n4)ccc3o2)cn1. The Balaban J connectivity index is 1.09. The van der Waals surface area contributed by atoms with Crippen molar-refractivity contribution in [3.63, 3.8) is 0 Å². The first kappa shape index (κ1) is 34.0. The lowest BCUT2D eigenvalue weighted by molar-refractivity contribution is 0.0679. The van der Waals surface area contributed by atoms with Crippen LogP contribution in [0.2, 0.25) is 0 Å². The number of ether oxygens (including phenoxy) is 1. The fourth-order valence-corrected chi connectivity index (χ4v) is 5.19. The lowest BCUT2D eigenvalue weighted by Gasteiger charge is -2.22. The molecule has 0 radical (unpaired) electrons. The van der Waals surface area contributed by atoms with Crippen LogP contribution in [0.4, 0.5) is 5.82 Å². The first-order valence-electron chi connectivity index (χ1n) is 15.9. The molecule has 5 rings (SSSR count). The molecular formula is C36H40N6O6. The van der Waals surface area contributed by atoms with E-state index in [0.717, 1.165) is 59.7 Å². The molecule has 0 aliphatic rings. The van der Waals surface area contributed by atoms with Gasteiger partial charge in [-0.15, -0.1) is 0 Å². The zero-order valence-corrected chi connectivity index (χ0v) is 27.1. The quantitative estimate of drug-likeness (QED) is 0.101. The summed E-state index contributed by atoms with van der Waals surface area (Å²) < 4.78 is 12.1. The highest BCUT2D eigenvalue weighted by molar-refractivity contribution is 5.86. The molecule has 3 N–H and O–H groups in total. The van der Waals surface area contributed by atoms with E-state index in [9.17, 15) is 19.8 Å². The molecule has 0 saturated carbocycles. The lowest BCUT2D eigenvalue weighted by Crippen LogP contribution is -2.33. The summed E-state index contributed by atoms with van der Waals surface area (Å²) in [6.45, 7) is 3.65. The molecule has 4 aromatic heterocycles. The summed E-state index contributed by atoms with van der Waals surface area (Å²) in [5.74, 6) is 0.317. The summed E-state index contributed by atoms with van der Waals surface area (Å²) in [5.41, 5.74) is 3.08. The van der Waals surface area contributed by atoms with Crippen molar-refractivity contribution >= 4 is 28.7 Å². The molecule has 0 amide bonds. The van der Waals surface area contributed by atoms with Crippen LogP contribution >= 0.6 is 0 Å². The van der Waals surface area contributed by atoms with E-state index in [2.05, 4.69) is 25.2 Å². The van der Waals surface area contributed by atoms with Crippen molar-refractivity contribution in [1.29, 1.82) is 0 Å². The number of rotatable bonds is 18. The Morgan fingerprint density at radius 1 is 0.854 bits per heavy atom. The summed E-state index contributed by atoms with van der Waals surface area (Å²) in [7, 11) is 3.91. The van der Waals surface area contributed by atoms with E-state index in [0.29, 0.717) is 44.2 Å². The third-order valence-electron chi connectivity index (χ3n) is 7.71. The number of hydrogen-bond donors (Lipinski definition) is 3. The largest absolute Gasteiger partial charge is 0.494 e. The number of nitrogens with one attached hydrogen (secondary N) is 1. The van der Waals surface area contributed by atoms with Crippen LogP contribution in [0.15, 0.2) is 83.4 Å². The van der Waals surface area contributed by atoms with Crippen LogP contribution in [-0.2, 0) is 13.1 Å². The van der Waals surface area contributed by atoms with Gasteiger partial charge in [0, 0.05) is 57.4 Å². The highest BCUT2D eigenvalue weighted by atomic mass is 16.5. The molecule has 4 heterocycles. The van der Waals surface area contributed by atoms with Gasteiger partial charge in [-0.25, -0.2) is 24.5 Å². The molecule has 0 saturated heterocycles. The minimum Gasteiger partial charge on any atom is -0.494 e. The standard InChI is InChI=1S/C36H40N6O6/c1-41(2)34-15-12-25(22-38-34)33-21-26-20-29(13-14-32(26)48-33)47-19-5-3-4-17-42(24-28-9-7-11-31(40-28)36(45)46)18-16-37-23-27-8-6-10-30(39-27)35(43)44/h6-15,20-22,37H,3-5,16-19,23-24H2,1-2H3,(H,43,44)(H,45,46). The van der Waals surface area contributed by atoms with Gasteiger partial charge in [0.2, 0.25) is 0 Å². The molecule has 250 valence electrons. The molecule has 0 unspecified atom stereocenters. The number of unbranched alkanes of at least 4 members (excludes halogenated alkanes) is 2. The summed E-state index contributed by atoms with van der Waals surface area (Å²) >= 11 is 0. The van der Waals surface area contributed by atoms with Crippen molar-refractivity contribution in [3.05, 3.63) is 102 Å². The van der Waals surface area contributed by atoms with Crippen molar-refractivity contribution < 1.29 is 29.0 Å². The Kier molecular flexibility index (Phi) is 11.7. The fourth-order valence-electron chi connectivity index (χ4n) is 5.19. The Bertz CT molecular complexity index is 1820. The van der Waals surface area contributed by atoms with Gasteiger partial charge in [0.15, 0.2) is 0 Å². The third kappa shape index (κ3) is 9.60. The maximum Gasteiger partial charge on any atom is 0.354 e. The summed E-state index contributed by atoms with van der Waals surface area (Å²) in [5, 5.41) is 22.8. The zero-order chi connectivity index (χ0) is 33.9. The Labute approximate surface area is 279 Å². The number of aromatic nitrogens is 3. The second-order valence-corrected chi connectivity index (χ2v) is 11.6. The van der Waals surface area contributed by atoms with Gasteiger partial charge in [-0.2, -0.15) is 0 Å². The number of carboxylic acids is 2. The molecule has 12 nitrogen and oxygen atoms in total. The van der Waals surface area contributed by atoms with E-state index < -0.39 is 11.9 Å². The van der Waals surface area contributed by atoms with E-state index >= 15 is 0 Å². The number of benzene rings is 1. The van der Waals surface area contributed by atoms with Crippen molar-refractivity contribution in [2.45, 2.75) is 32.4 Å². The minimum atomic E-state index is -1.06. The zero-order valence-electron chi connectivity index (χ0n) is 27.1. The molecule has 0 bridgehead atoms. The fraction of sp³-hybridized carbons (Fsp3) is 0.306. The average molecular weight is 653 g/mol. The van der Waals surface area contributed by atoms with Gasteiger partial charge in [-0.1, -0.05) is 12.1 Å². The molecular weight excluding hydrogens is 612 g/mol. The minimum absolute atomic E-state index is 0.0141. The second kappa shape index (κ2) is 16.5. The van der Waals surface area contributed by atoms with Crippen LogP contribution < -0.4 is 15.0 Å². The molecule has 0 aliphatic carbocycles. The molecule has 0 atom stereocenters. The van der Waals surface area contributed by atoms with Gasteiger partial charge < -0.3 is 29.6 Å². The molecule has 0 fully saturated rings. The first-order chi connectivity index (χ1) is 23.2. The maximum absolute atomic E-state index is 11.4. The molecule has 5 aromatic rings. The van der Waals surface area contributed by atoms with Crippen molar-refractivity contribution in [3.8, 4) is 17.1 Å². The maximum atomic E-state index is 11.4. The molecule has 1 aromatic carbocycles. The highest BCUT2D eigenvalue weighted by Crippen LogP contribution is 2.30. The van der Waals surface area contributed by atoms with Gasteiger partial charge in [0.05, 0.1) is 18.0 Å². The molecule has 0 aliphatic heterocycles. The number of carbonyl (C=O) groups is 2. The Morgan fingerprint density at radius 3 is 2.31 bits per heavy atom. The van der Waals surface area contributed by atoms with Crippen LogP contribution in [0.1, 0.15) is 51.6 Å². The van der Waals surface area contributed by atoms with Crippen molar-refractivity contribution in [1.82, 2.24) is 25.2 Å². The predicted molar refractivity (Wildman–Crippen MR) is 182 cm³/mol. The van der Waals surface area contributed by atoms with Gasteiger partial charge >= 0.3 is 11.9 Å².